The highest BCUT2D eigenvalue weighted by molar-refractivity contribution is 14.1. The third-order valence-electron chi connectivity index (χ3n) is 11.9. The van der Waals surface area contributed by atoms with Crippen molar-refractivity contribution in [1.82, 2.24) is 59.8 Å². The fraction of sp³-hybridized carbons (Fsp3) is 0.347. The summed E-state index contributed by atoms with van der Waals surface area (Å²) in [6, 6.07) is 30.2. The van der Waals surface area contributed by atoms with Crippen LogP contribution in [0.5, 0.6) is 0 Å². The molecule has 18 heteroatoms. The monoisotopic (exact) mass is 1070 g/mol. The topological polar surface area (TPSA) is 175 Å². The maximum Gasteiger partial charge on any atom is 0.230 e. The van der Waals surface area contributed by atoms with Gasteiger partial charge < -0.3 is 31.5 Å². The molecule has 0 spiro atoms. The standard InChI is InChI=1S/C49H56BrIN16/c1-31(2)58-37-19-21-38(22-20-37)59-46-60-45-43(51)42(64-67(45)47(62-46)55-28-33-11-15-35(16-12-33)40-9-5-7-23-53-40)27-32(3)52-25-26-65(4)49-61-44-39(50)30-57-66(44)48(63-49)56-29-34-13-17-36(18-14-34)41-10-6-8-24-54-41/h5-18,23-24,30-32,37-38,52,58H,19-22,25-29H2,1-4H3,(H,56,61,63)(H2,55,59,60,62)/t32-,37?,38?/m1/s1. The van der Waals surface area contributed by atoms with Crippen molar-refractivity contribution < 1.29 is 0 Å². The van der Waals surface area contributed by atoms with Gasteiger partial charge in [0.1, 0.15) is 0 Å². The lowest BCUT2D eigenvalue weighted by Gasteiger charge is -2.31. The van der Waals surface area contributed by atoms with Crippen LogP contribution < -0.4 is 31.5 Å². The second-order valence-electron chi connectivity index (χ2n) is 17.5. The Hall–Kier alpha value is -5.83. The Labute approximate surface area is 412 Å². The highest BCUT2D eigenvalue weighted by Crippen LogP contribution is 2.27. The molecule has 9 rings (SSSR count). The van der Waals surface area contributed by atoms with Gasteiger partial charge in [0.15, 0.2) is 11.3 Å². The number of hydrogen-bond acceptors (Lipinski definition) is 14. The molecule has 0 unspecified atom stereocenters. The van der Waals surface area contributed by atoms with E-state index in [1.165, 1.54) is 0 Å². The first-order valence-corrected chi connectivity index (χ1v) is 24.8. The van der Waals surface area contributed by atoms with E-state index in [0.717, 1.165) is 78.7 Å². The molecule has 1 saturated carbocycles. The van der Waals surface area contributed by atoms with Gasteiger partial charge in [-0.2, -0.15) is 39.2 Å². The van der Waals surface area contributed by atoms with Crippen molar-refractivity contribution in [3.63, 3.8) is 0 Å². The van der Waals surface area contributed by atoms with Crippen molar-refractivity contribution in [3.05, 3.63) is 128 Å². The zero-order valence-electron chi connectivity index (χ0n) is 38.2. The van der Waals surface area contributed by atoms with Gasteiger partial charge in [0, 0.05) is 87.3 Å². The van der Waals surface area contributed by atoms with Gasteiger partial charge >= 0.3 is 0 Å². The van der Waals surface area contributed by atoms with E-state index >= 15 is 0 Å². The molecular weight excluding hydrogens is 1020 g/mol. The first-order valence-electron chi connectivity index (χ1n) is 23.0. The average Bonchev–Trinajstić information content (AvgIpc) is 3.88. The molecule has 0 saturated heterocycles. The number of pyridine rings is 2. The number of rotatable bonds is 19. The van der Waals surface area contributed by atoms with Gasteiger partial charge in [-0.05, 0) is 107 Å². The van der Waals surface area contributed by atoms with Gasteiger partial charge in [-0.1, -0.05) is 74.5 Å². The van der Waals surface area contributed by atoms with Crippen molar-refractivity contribution in [3.8, 4) is 22.5 Å². The van der Waals surface area contributed by atoms with E-state index in [-0.39, 0.29) is 6.04 Å². The Morgan fingerprint density at radius 2 is 1.34 bits per heavy atom. The Kier molecular flexibility index (Phi) is 14.8. The van der Waals surface area contributed by atoms with Crippen LogP contribution in [0, 0.1) is 3.57 Å². The van der Waals surface area contributed by atoms with Crippen molar-refractivity contribution >= 4 is 73.6 Å². The predicted molar refractivity (Wildman–Crippen MR) is 278 cm³/mol. The molecule has 1 aliphatic carbocycles. The zero-order chi connectivity index (χ0) is 46.3. The number of aromatic nitrogens is 10. The van der Waals surface area contributed by atoms with Crippen molar-refractivity contribution in [2.45, 2.75) is 90.1 Å². The third kappa shape index (κ3) is 11.5. The maximum atomic E-state index is 5.12. The molecular formula is C49H56BrIN16. The molecule has 0 bridgehead atoms. The highest BCUT2D eigenvalue weighted by Gasteiger charge is 2.24. The molecule has 0 radical (unpaired) electrons. The Balaban J connectivity index is 0.854. The fourth-order valence-corrected chi connectivity index (χ4v) is 9.43. The molecule has 6 aromatic heterocycles. The molecule has 346 valence electrons. The Bertz CT molecular complexity index is 2870. The van der Waals surface area contributed by atoms with Crippen LogP contribution in [0.3, 0.4) is 0 Å². The van der Waals surface area contributed by atoms with Crippen molar-refractivity contribution in [2.75, 3.05) is 41.0 Å². The van der Waals surface area contributed by atoms with Gasteiger partial charge in [0.05, 0.1) is 31.3 Å². The molecule has 0 amide bonds. The van der Waals surface area contributed by atoms with E-state index in [9.17, 15) is 0 Å². The number of benzene rings is 2. The average molecular weight is 1080 g/mol. The molecule has 1 aliphatic rings. The minimum Gasteiger partial charge on any atom is -0.351 e. The van der Waals surface area contributed by atoms with Crippen LogP contribution in [0.25, 0.3) is 33.8 Å². The number of hydrogen-bond donors (Lipinski definition) is 5. The zero-order valence-corrected chi connectivity index (χ0v) is 41.9. The second kappa shape index (κ2) is 21.4. The molecule has 67 heavy (non-hydrogen) atoms. The third-order valence-corrected chi connectivity index (χ3v) is 13.6. The summed E-state index contributed by atoms with van der Waals surface area (Å²) in [5, 5.41) is 27.9. The number of likely N-dealkylation sites (N-methyl/N-ethyl adjacent to an activating group) is 1. The molecule has 5 N–H and O–H groups in total. The fourth-order valence-electron chi connectivity index (χ4n) is 8.40. The van der Waals surface area contributed by atoms with Crippen molar-refractivity contribution in [1.29, 1.82) is 0 Å². The van der Waals surface area contributed by atoms with Crippen LogP contribution in [-0.2, 0) is 19.5 Å². The van der Waals surface area contributed by atoms with E-state index in [4.69, 9.17) is 25.0 Å². The predicted octanol–water partition coefficient (Wildman–Crippen LogP) is 8.66. The van der Waals surface area contributed by atoms with Crippen LogP contribution in [0.4, 0.5) is 23.8 Å². The van der Waals surface area contributed by atoms with E-state index < -0.39 is 0 Å². The van der Waals surface area contributed by atoms with Gasteiger partial charge in [0.25, 0.3) is 0 Å². The summed E-state index contributed by atoms with van der Waals surface area (Å²) < 4.78 is 5.39. The Morgan fingerprint density at radius 3 is 1.94 bits per heavy atom. The van der Waals surface area contributed by atoms with E-state index in [0.29, 0.717) is 80.2 Å². The molecule has 2 aromatic carbocycles. The van der Waals surface area contributed by atoms with Gasteiger partial charge in [0.2, 0.25) is 23.8 Å². The van der Waals surface area contributed by atoms with Crippen LogP contribution in [0.2, 0.25) is 0 Å². The lowest BCUT2D eigenvalue weighted by atomic mass is 9.91. The smallest absolute Gasteiger partial charge is 0.230 e. The quantitative estimate of drug-likeness (QED) is 0.0487. The number of nitrogens with one attached hydrogen (secondary N) is 5. The van der Waals surface area contributed by atoms with Crippen LogP contribution in [-0.4, -0.2) is 93.4 Å². The van der Waals surface area contributed by atoms with Crippen molar-refractivity contribution in [2.24, 2.45) is 0 Å². The molecule has 1 fully saturated rings. The SMILES string of the molecule is CC(C)NC1CCC(Nc2nc(NCc3ccc(-c4ccccn4)cc3)n3nc(C[C@@H](C)NCCN(C)c4nc(NCc5ccc(-c6ccccn6)cc5)n5ncc(Br)c5n4)c(I)c3n2)CC1. The first-order chi connectivity index (χ1) is 32.6. The number of anilines is 4. The van der Waals surface area contributed by atoms with E-state index in [1.807, 2.05) is 60.4 Å². The number of fused-ring (bicyclic) bond motifs is 2. The Morgan fingerprint density at radius 1 is 0.731 bits per heavy atom. The summed E-state index contributed by atoms with van der Waals surface area (Å²) in [5.74, 6) is 2.47. The summed E-state index contributed by atoms with van der Waals surface area (Å²) in [7, 11) is 2.01. The van der Waals surface area contributed by atoms with Gasteiger partial charge in [-0.25, -0.2) is 0 Å². The first kappa shape index (κ1) is 46.3. The maximum absolute atomic E-state index is 5.12. The normalized spacial score (nSPS) is 15.6. The summed E-state index contributed by atoms with van der Waals surface area (Å²) in [4.78, 5) is 30.9. The molecule has 1 atom stereocenters. The number of halogens is 2. The lowest BCUT2D eigenvalue weighted by molar-refractivity contribution is 0.335. The second-order valence-corrected chi connectivity index (χ2v) is 19.4. The lowest BCUT2D eigenvalue weighted by Crippen LogP contribution is -2.40. The van der Waals surface area contributed by atoms with Gasteiger partial charge in [-0.15, -0.1) is 0 Å². The summed E-state index contributed by atoms with van der Waals surface area (Å²) >= 11 is 6.03. The van der Waals surface area contributed by atoms with E-state index in [1.54, 1.807) is 10.7 Å². The van der Waals surface area contributed by atoms with Crippen LogP contribution in [0.15, 0.2) is 108 Å². The minimum absolute atomic E-state index is 0.120. The molecule has 8 aromatic rings. The largest absolute Gasteiger partial charge is 0.351 e. The molecule has 6 heterocycles. The van der Waals surface area contributed by atoms with Crippen LogP contribution in [0.1, 0.15) is 63.3 Å². The number of nitrogens with zero attached hydrogens (tertiary/aromatic N) is 11. The summed E-state index contributed by atoms with van der Waals surface area (Å²) in [6.07, 6.45) is 10.5. The van der Waals surface area contributed by atoms with E-state index in [2.05, 4.69) is 154 Å². The summed E-state index contributed by atoms with van der Waals surface area (Å²) in [5.41, 5.74) is 8.72. The molecule has 0 aliphatic heterocycles. The van der Waals surface area contributed by atoms with Crippen LogP contribution >= 0.6 is 38.5 Å². The molecule has 16 nitrogen and oxygen atoms in total. The summed E-state index contributed by atoms with van der Waals surface area (Å²) in [6.45, 7) is 9.14. The highest BCUT2D eigenvalue weighted by atomic mass is 127. The van der Waals surface area contributed by atoms with Gasteiger partial charge in [-0.3, -0.25) is 9.97 Å². The minimum atomic E-state index is 0.120.